The van der Waals surface area contributed by atoms with Crippen LogP contribution in [-0.2, 0) is 9.53 Å². The van der Waals surface area contributed by atoms with Gasteiger partial charge >= 0.3 is 5.97 Å². The molecule has 1 N–H and O–H groups in total. The molecule has 2 aliphatic heterocycles. The molecule has 104 valence electrons. The Hall–Kier alpha value is -0.610. The van der Waals surface area contributed by atoms with E-state index in [0.717, 1.165) is 45.6 Å². The SMILES string of the molecule is COC(=O)C(CN1CCCCC1)C1CCNCC1. The van der Waals surface area contributed by atoms with Gasteiger partial charge in [0.2, 0.25) is 0 Å². The number of nitrogens with zero attached hydrogens (tertiary/aromatic N) is 1. The molecule has 4 nitrogen and oxygen atoms in total. The molecule has 1 atom stereocenters. The van der Waals surface area contributed by atoms with Gasteiger partial charge in [-0.25, -0.2) is 0 Å². The van der Waals surface area contributed by atoms with Crippen molar-refractivity contribution in [3.63, 3.8) is 0 Å². The Morgan fingerprint density at radius 2 is 1.94 bits per heavy atom. The van der Waals surface area contributed by atoms with Crippen LogP contribution in [0, 0.1) is 11.8 Å². The number of esters is 1. The zero-order chi connectivity index (χ0) is 12.8. The van der Waals surface area contributed by atoms with E-state index in [1.807, 2.05) is 0 Å². The van der Waals surface area contributed by atoms with Crippen molar-refractivity contribution < 1.29 is 9.53 Å². The molecule has 0 spiro atoms. The van der Waals surface area contributed by atoms with Gasteiger partial charge in [0.1, 0.15) is 0 Å². The fourth-order valence-corrected chi connectivity index (χ4v) is 3.23. The van der Waals surface area contributed by atoms with E-state index >= 15 is 0 Å². The molecule has 2 aliphatic rings. The average Bonchev–Trinajstić information content (AvgIpc) is 2.46. The maximum Gasteiger partial charge on any atom is 0.310 e. The van der Waals surface area contributed by atoms with Crippen LogP contribution in [0.25, 0.3) is 0 Å². The third-order valence-electron chi connectivity index (χ3n) is 4.36. The fourth-order valence-electron chi connectivity index (χ4n) is 3.23. The van der Waals surface area contributed by atoms with Gasteiger partial charge in [0, 0.05) is 6.54 Å². The summed E-state index contributed by atoms with van der Waals surface area (Å²) in [4.78, 5) is 14.5. The van der Waals surface area contributed by atoms with Crippen LogP contribution in [0.1, 0.15) is 32.1 Å². The molecule has 2 saturated heterocycles. The molecule has 2 rings (SSSR count). The number of nitrogens with one attached hydrogen (secondary N) is 1. The molecule has 4 heteroatoms. The third-order valence-corrected chi connectivity index (χ3v) is 4.36. The summed E-state index contributed by atoms with van der Waals surface area (Å²) in [5.41, 5.74) is 0. The van der Waals surface area contributed by atoms with Crippen molar-refractivity contribution in [3.05, 3.63) is 0 Å². The molecule has 0 saturated carbocycles. The van der Waals surface area contributed by atoms with Gasteiger partial charge in [0.15, 0.2) is 0 Å². The molecule has 0 amide bonds. The van der Waals surface area contributed by atoms with Gasteiger partial charge in [-0.3, -0.25) is 4.79 Å². The Labute approximate surface area is 110 Å². The van der Waals surface area contributed by atoms with Crippen LogP contribution in [0.4, 0.5) is 0 Å². The number of piperidine rings is 2. The molecule has 0 bridgehead atoms. The van der Waals surface area contributed by atoms with E-state index in [2.05, 4.69) is 10.2 Å². The first kappa shape index (κ1) is 13.8. The highest BCUT2D eigenvalue weighted by Gasteiger charge is 2.32. The lowest BCUT2D eigenvalue weighted by molar-refractivity contribution is -0.148. The topological polar surface area (TPSA) is 41.6 Å². The second kappa shape index (κ2) is 7.10. The zero-order valence-electron chi connectivity index (χ0n) is 11.5. The highest BCUT2D eigenvalue weighted by Crippen LogP contribution is 2.25. The number of hydrogen-bond acceptors (Lipinski definition) is 4. The number of methoxy groups -OCH3 is 1. The summed E-state index contributed by atoms with van der Waals surface area (Å²) < 4.78 is 5.02. The lowest BCUT2D eigenvalue weighted by Gasteiger charge is -2.34. The van der Waals surface area contributed by atoms with Crippen LogP contribution in [0.2, 0.25) is 0 Å². The molecule has 18 heavy (non-hydrogen) atoms. The maximum absolute atomic E-state index is 12.0. The molecule has 0 aliphatic carbocycles. The van der Waals surface area contributed by atoms with Crippen LogP contribution in [0.5, 0.6) is 0 Å². The predicted molar refractivity (Wildman–Crippen MR) is 71.4 cm³/mol. The predicted octanol–water partition coefficient (Wildman–Crippen LogP) is 1.26. The van der Waals surface area contributed by atoms with Crippen molar-refractivity contribution in [2.75, 3.05) is 39.8 Å². The van der Waals surface area contributed by atoms with E-state index in [9.17, 15) is 4.79 Å². The quantitative estimate of drug-likeness (QED) is 0.767. The minimum atomic E-state index is -0.00697. The monoisotopic (exact) mass is 254 g/mol. The number of carbonyl (C=O) groups excluding carboxylic acids is 1. The molecular formula is C14H26N2O2. The van der Waals surface area contributed by atoms with E-state index in [0.29, 0.717) is 5.92 Å². The largest absolute Gasteiger partial charge is 0.469 e. The Balaban J connectivity index is 1.92. The Kier molecular flexibility index (Phi) is 5.45. The smallest absolute Gasteiger partial charge is 0.310 e. The van der Waals surface area contributed by atoms with Gasteiger partial charge in [-0.15, -0.1) is 0 Å². The lowest BCUT2D eigenvalue weighted by Crippen LogP contribution is -2.43. The van der Waals surface area contributed by atoms with Gasteiger partial charge in [-0.2, -0.15) is 0 Å². The molecule has 1 unspecified atom stereocenters. The molecule has 0 aromatic carbocycles. The second-order valence-electron chi connectivity index (χ2n) is 5.58. The van der Waals surface area contributed by atoms with Crippen molar-refractivity contribution in [2.45, 2.75) is 32.1 Å². The Bertz CT molecular complexity index is 259. The first-order chi connectivity index (χ1) is 8.81. The van der Waals surface area contributed by atoms with E-state index < -0.39 is 0 Å². The molecule has 2 fully saturated rings. The molecule has 0 aromatic heterocycles. The first-order valence-electron chi connectivity index (χ1n) is 7.32. The van der Waals surface area contributed by atoms with E-state index in [1.165, 1.54) is 26.4 Å². The number of carbonyl (C=O) groups is 1. The summed E-state index contributed by atoms with van der Waals surface area (Å²) in [6.45, 7) is 5.28. The number of ether oxygens (including phenoxy) is 1. The molecule has 0 aromatic rings. The molecule has 0 radical (unpaired) electrons. The van der Waals surface area contributed by atoms with Crippen LogP contribution in [0.15, 0.2) is 0 Å². The number of hydrogen-bond donors (Lipinski definition) is 1. The summed E-state index contributed by atoms with van der Waals surface area (Å²) in [7, 11) is 1.52. The van der Waals surface area contributed by atoms with E-state index in [-0.39, 0.29) is 11.9 Å². The Morgan fingerprint density at radius 3 is 2.56 bits per heavy atom. The van der Waals surface area contributed by atoms with Gasteiger partial charge in [0.05, 0.1) is 13.0 Å². The highest BCUT2D eigenvalue weighted by molar-refractivity contribution is 5.73. The zero-order valence-corrected chi connectivity index (χ0v) is 11.5. The van der Waals surface area contributed by atoms with E-state index in [4.69, 9.17) is 4.74 Å². The maximum atomic E-state index is 12.0. The Morgan fingerprint density at radius 1 is 1.28 bits per heavy atom. The lowest BCUT2D eigenvalue weighted by atomic mass is 9.84. The van der Waals surface area contributed by atoms with Crippen molar-refractivity contribution >= 4 is 5.97 Å². The van der Waals surface area contributed by atoms with E-state index in [1.54, 1.807) is 0 Å². The van der Waals surface area contributed by atoms with Gasteiger partial charge in [-0.05, 0) is 57.8 Å². The third kappa shape index (κ3) is 3.69. The summed E-state index contributed by atoms with van der Waals surface area (Å²) in [5, 5.41) is 3.36. The first-order valence-corrected chi connectivity index (χ1v) is 7.32. The summed E-state index contributed by atoms with van der Waals surface area (Å²) in [6, 6.07) is 0. The average molecular weight is 254 g/mol. The highest BCUT2D eigenvalue weighted by atomic mass is 16.5. The van der Waals surface area contributed by atoms with Crippen molar-refractivity contribution in [2.24, 2.45) is 11.8 Å². The summed E-state index contributed by atoms with van der Waals surface area (Å²) in [6.07, 6.45) is 6.11. The standard InChI is InChI=1S/C14H26N2O2/c1-18-14(17)13(12-5-7-15-8-6-12)11-16-9-3-2-4-10-16/h12-13,15H,2-11H2,1H3. The summed E-state index contributed by atoms with van der Waals surface area (Å²) >= 11 is 0. The summed E-state index contributed by atoms with van der Waals surface area (Å²) in [5.74, 6) is 0.572. The van der Waals surface area contributed by atoms with Gasteiger partial charge in [-0.1, -0.05) is 6.42 Å². The van der Waals surface area contributed by atoms with Crippen molar-refractivity contribution in [1.29, 1.82) is 0 Å². The normalized spacial score (nSPS) is 24.7. The number of rotatable bonds is 4. The molecule has 2 heterocycles. The van der Waals surface area contributed by atoms with Crippen LogP contribution in [0.3, 0.4) is 0 Å². The van der Waals surface area contributed by atoms with Crippen LogP contribution < -0.4 is 5.32 Å². The second-order valence-corrected chi connectivity index (χ2v) is 5.58. The van der Waals surface area contributed by atoms with Crippen LogP contribution >= 0.6 is 0 Å². The van der Waals surface area contributed by atoms with Crippen LogP contribution in [-0.4, -0.2) is 50.7 Å². The fraction of sp³-hybridized carbons (Fsp3) is 0.929. The van der Waals surface area contributed by atoms with Crippen molar-refractivity contribution in [1.82, 2.24) is 10.2 Å². The van der Waals surface area contributed by atoms with Gasteiger partial charge in [0.25, 0.3) is 0 Å². The van der Waals surface area contributed by atoms with Gasteiger partial charge < -0.3 is 15.0 Å². The van der Waals surface area contributed by atoms with Crippen molar-refractivity contribution in [3.8, 4) is 0 Å². The minimum absolute atomic E-state index is 0.00697. The number of likely N-dealkylation sites (tertiary alicyclic amines) is 1. The minimum Gasteiger partial charge on any atom is -0.469 e. The molecular weight excluding hydrogens is 228 g/mol.